The zero-order valence-corrected chi connectivity index (χ0v) is 13.8. The van der Waals surface area contributed by atoms with Gasteiger partial charge < -0.3 is 19.5 Å². The number of esters is 1. The highest BCUT2D eigenvalue weighted by molar-refractivity contribution is 5.92. The van der Waals surface area contributed by atoms with Crippen molar-refractivity contribution in [1.29, 1.82) is 0 Å². The smallest absolute Gasteiger partial charge is 0.341 e. The van der Waals surface area contributed by atoms with Gasteiger partial charge in [-0.15, -0.1) is 6.58 Å². The summed E-state index contributed by atoms with van der Waals surface area (Å²) < 4.78 is 15.2. The van der Waals surface area contributed by atoms with Gasteiger partial charge in [0.15, 0.2) is 0 Å². The van der Waals surface area contributed by atoms with Crippen LogP contribution >= 0.6 is 0 Å². The first-order valence-electron chi connectivity index (χ1n) is 7.29. The minimum Gasteiger partial charge on any atom is -0.496 e. The molecule has 0 unspecified atom stereocenters. The summed E-state index contributed by atoms with van der Waals surface area (Å²) in [6, 6.07) is 5.07. The van der Waals surface area contributed by atoms with Crippen LogP contribution in [0.4, 0.5) is 0 Å². The maximum Gasteiger partial charge on any atom is 0.341 e. The van der Waals surface area contributed by atoms with Crippen molar-refractivity contribution >= 4 is 11.9 Å². The second-order valence-corrected chi connectivity index (χ2v) is 4.83. The van der Waals surface area contributed by atoms with Crippen LogP contribution in [0.5, 0.6) is 5.75 Å². The summed E-state index contributed by atoms with van der Waals surface area (Å²) in [5.74, 6) is -0.284. The van der Waals surface area contributed by atoms with Crippen LogP contribution < -0.4 is 10.1 Å². The lowest BCUT2D eigenvalue weighted by molar-refractivity contribution is -0.131. The van der Waals surface area contributed by atoms with Gasteiger partial charge in [-0.3, -0.25) is 4.79 Å². The van der Waals surface area contributed by atoms with Crippen LogP contribution in [-0.4, -0.2) is 38.8 Å². The highest BCUT2D eigenvalue weighted by atomic mass is 16.5. The standard InChI is InChI=1S/C17H23NO5/c1-5-6-9-23-12(2)16(19)18-11-13-7-8-15(21-3)14(10-13)17(20)22-4/h5,7-8,10,12H,1,6,9,11H2,2-4H3,(H,18,19)/t12-/m0/s1. The molecule has 1 aromatic carbocycles. The number of amides is 1. The first-order chi connectivity index (χ1) is 11.0. The van der Waals surface area contributed by atoms with Crippen molar-refractivity contribution < 1.29 is 23.8 Å². The van der Waals surface area contributed by atoms with Crippen molar-refractivity contribution in [3.8, 4) is 5.75 Å². The average Bonchev–Trinajstić information content (AvgIpc) is 2.58. The molecule has 0 aliphatic rings. The van der Waals surface area contributed by atoms with E-state index in [-0.39, 0.29) is 12.5 Å². The molecule has 0 aliphatic heterocycles. The normalized spacial score (nSPS) is 11.4. The van der Waals surface area contributed by atoms with Gasteiger partial charge in [-0.2, -0.15) is 0 Å². The largest absolute Gasteiger partial charge is 0.496 e. The molecule has 1 atom stereocenters. The molecule has 0 fully saturated rings. The summed E-state index contributed by atoms with van der Waals surface area (Å²) in [4.78, 5) is 23.7. The van der Waals surface area contributed by atoms with E-state index >= 15 is 0 Å². The summed E-state index contributed by atoms with van der Waals surface area (Å²) in [6.07, 6.45) is 1.88. The Kier molecular flexibility index (Phi) is 7.83. The Balaban J connectivity index is 2.65. The zero-order valence-electron chi connectivity index (χ0n) is 13.8. The molecular weight excluding hydrogens is 298 g/mol. The molecule has 0 saturated carbocycles. The molecule has 126 valence electrons. The van der Waals surface area contributed by atoms with Gasteiger partial charge in [0.05, 0.1) is 20.8 Å². The number of hydrogen-bond donors (Lipinski definition) is 1. The van der Waals surface area contributed by atoms with Gasteiger partial charge in [-0.25, -0.2) is 4.79 Å². The van der Waals surface area contributed by atoms with Crippen molar-refractivity contribution in [2.45, 2.75) is 26.0 Å². The molecule has 1 rings (SSSR count). The molecule has 0 aliphatic carbocycles. The summed E-state index contributed by atoms with van der Waals surface area (Å²) in [5.41, 5.74) is 1.08. The lowest BCUT2D eigenvalue weighted by Gasteiger charge is -2.14. The summed E-state index contributed by atoms with van der Waals surface area (Å²) in [5, 5.41) is 2.76. The lowest BCUT2D eigenvalue weighted by Crippen LogP contribution is -2.34. The molecule has 0 bridgehead atoms. The number of rotatable bonds is 9. The SMILES string of the molecule is C=CCCO[C@@H](C)C(=O)NCc1ccc(OC)c(C(=O)OC)c1. The Morgan fingerprint density at radius 2 is 2.09 bits per heavy atom. The molecule has 6 heteroatoms. The minimum atomic E-state index is -0.548. The topological polar surface area (TPSA) is 73.9 Å². The van der Waals surface area contributed by atoms with Gasteiger partial charge in [-0.05, 0) is 31.0 Å². The van der Waals surface area contributed by atoms with Crippen molar-refractivity contribution in [3.63, 3.8) is 0 Å². The van der Waals surface area contributed by atoms with E-state index in [2.05, 4.69) is 11.9 Å². The molecule has 0 aromatic heterocycles. The number of ether oxygens (including phenoxy) is 3. The van der Waals surface area contributed by atoms with Crippen molar-refractivity contribution in [3.05, 3.63) is 42.0 Å². The third kappa shape index (κ3) is 5.75. The molecule has 6 nitrogen and oxygen atoms in total. The Morgan fingerprint density at radius 3 is 2.70 bits per heavy atom. The minimum absolute atomic E-state index is 0.218. The van der Waals surface area contributed by atoms with E-state index in [1.54, 1.807) is 31.2 Å². The third-order valence-electron chi connectivity index (χ3n) is 3.19. The van der Waals surface area contributed by atoms with Gasteiger partial charge in [0.2, 0.25) is 5.91 Å². The summed E-state index contributed by atoms with van der Waals surface area (Å²) >= 11 is 0. The maximum absolute atomic E-state index is 11.9. The van der Waals surface area contributed by atoms with E-state index in [1.165, 1.54) is 14.2 Å². The second-order valence-electron chi connectivity index (χ2n) is 4.83. The number of benzene rings is 1. The van der Waals surface area contributed by atoms with Gasteiger partial charge >= 0.3 is 5.97 Å². The molecule has 0 heterocycles. The van der Waals surface area contributed by atoms with E-state index < -0.39 is 12.1 Å². The highest BCUT2D eigenvalue weighted by Gasteiger charge is 2.15. The van der Waals surface area contributed by atoms with E-state index in [9.17, 15) is 9.59 Å². The fourth-order valence-electron chi connectivity index (χ4n) is 1.87. The number of methoxy groups -OCH3 is 2. The predicted molar refractivity (Wildman–Crippen MR) is 86.4 cm³/mol. The van der Waals surface area contributed by atoms with E-state index in [4.69, 9.17) is 14.2 Å². The van der Waals surface area contributed by atoms with Gasteiger partial charge in [-0.1, -0.05) is 12.1 Å². The Bertz CT molecular complexity index is 556. The van der Waals surface area contributed by atoms with Gasteiger partial charge in [0.25, 0.3) is 0 Å². The Morgan fingerprint density at radius 1 is 1.35 bits per heavy atom. The first-order valence-corrected chi connectivity index (χ1v) is 7.29. The molecule has 0 saturated heterocycles. The first kappa shape index (κ1) is 18.7. The summed E-state index contributed by atoms with van der Waals surface area (Å²) in [6.45, 7) is 6.01. The van der Waals surface area contributed by atoms with Crippen molar-refractivity contribution in [1.82, 2.24) is 5.32 Å². The molecule has 23 heavy (non-hydrogen) atoms. The lowest BCUT2D eigenvalue weighted by atomic mass is 10.1. The van der Waals surface area contributed by atoms with Crippen LogP contribution in [0.15, 0.2) is 30.9 Å². The van der Waals surface area contributed by atoms with Crippen molar-refractivity contribution in [2.75, 3.05) is 20.8 Å². The highest BCUT2D eigenvalue weighted by Crippen LogP contribution is 2.20. The number of carbonyl (C=O) groups excluding carboxylic acids is 2. The van der Waals surface area contributed by atoms with Crippen LogP contribution in [0.2, 0.25) is 0 Å². The van der Waals surface area contributed by atoms with Gasteiger partial charge in [0.1, 0.15) is 17.4 Å². The van der Waals surface area contributed by atoms with Crippen LogP contribution in [0.25, 0.3) is 0 Å². The quantitative estimate of drug-likeness (QED) is 0.428. The van der Waals surface area contributed by atoms with Crippen LogP contribution in [0.3, 0.4) is 0 Å². The van der Waals surface area contributed by atoms with E-state index in [0.717, 1.165) is 5.56 Å². The monoisotopic (exact) mass is 321 g/mol. The molecule has 0 spiro atoms. The van der Waals surface area contributed by atoms with Crippen LogP contribution in [-0.2, 0) is 20.8 Å². The van der Waals surface area contributed by atoms with E-state index in [0.29, 0.717) is 24.3 Å². The van der Waals surface area contributed by atoms with Crippen LogP contribution in [0, 0.1) is 0 Å². The van der Waals surface area contributed by atoms with Crippen molar-refractivity contribution in [2.24, 2.45) is 0 Å². The molecule has 1 N–H and O–H groups in total. The Hall–Kier alpha value is -2.34. The predicted octanol–water partition coefficient (Wildman–Crippen LogP) is 2.08. The third-order valence-corrected chi connectivity index (χ3v) is 3.19. The number of carbonyl (C=O) groups is 2. The molecule has 1 aromatic rings. The fraction of sp³-hybridized carbons (Fsp3) is 0.412. The maximum atomic E-state index is 11.9. The number of nitrogens with one attached hydrogen (secondary N) is 1. The molecule has 1 amide bonds. The Labute approximate surface area is 136 Å². The van der Waals surface area contributed by atoms with Gasteiger partial charge in [0, 0.05) is 6.54 Å². The average molecular weight is 321 g/mol. The zero-order chi connectivity index (χ0) is 17.2. The molecule has 0 radical (unpaired) electrons. The number of hydrogen-bond acceptors (Lipinski definition) is 5. The fourth-order valence-corrected chi connectivity index (χ4v) is 1.87. The second kappa shape index (κ2) is 9.63. The molecular formula is C17H23NO5. The van der Waals surface area contributed by atoms with Crippen LogP contribution in [0.1, 0.15) is 29.3 Å². The summed E-state index contributed by atoms with van der Waals surface area (Å²) in [7, 11) is 2.78. The van der Waals surface area contributed by atoms with E-state index in [1.807, 2.05) is 0 Å².